The zero-order valence-corrected chi connectivity index (χ0v) is 10.6. The Hall–Kier alpha value is -1.13. The summed E-state index contributed by atoms with van der Waals surface area (Å²) in [6, 6.07) is 1.99. The summed E-state index contributed by atoms with van der Waals surface area (Å²) < 4.78 is 5.76. The van der Waals surface area contributed by atoms with Crippen molar-refractivity contribution in [1.82, 2.24) is 15.2 Å². The molecule has 1 heterocycles. The van der Waals surface area contributed by atoms with E-state index in [9.17, 15) is 0 Å². The SMILES string of the molecule is CNCc1cnc(C)cc1OCCN(C)C. The van der Waals surface area contributed by atoms with Crippen molar-refractivity contribution in [2.75, 3.05) is 34.3 Å². The Labute approximate surface area is 97.6 Å². The molecule has 0 amide bonds. The van der Waals surface area contributed by atoms with Gasteiger partial charge in [-0.3, -0.25) is 4.98 Å². The third-order valence-corrected chi connectivity index (χ3v) is 2.24. The number of hydrogen-bond acceptors (Lipinski definition) is 4. The van der Waals surface area contributed by atoms with Crippen LogP contribution in [0.4, 0.5) is 0 Å². The molecule has 0 fully saturated rings. The highest BCUT2D eigenvalue weighted by Crippen LogP contribution is 2.18. The lowest BCUT2D eigenvalue weighted by Crippen LogP contribution is -2.20. The monoisotopic (exact) mass is 223 g/mol. The van der Waals surface area contributed by atoms with Gasteiger partial charge in [-0.2, -0.15) is 0 Å². The predicted molar refractivity (Wildman–Crippen MR) is 65.8 cm³/mol. The number of ether oxygens (including phenoxy) is 1. The summed E-state index contributed by atoms with van der Waals surface area (Å²) in [4.78, 5) is 6.37. The highest BCUT2D eigenvalue weighted by Gasteiger charge is 2.04. The number of nitrogens with zero attached hydrogens (tertiary/aromatic N) is 2. The Morgan fingerprint density at radius 3 is 2.81 bits per heavy atom. The molecule has 0 aromatic carbocycles. The van der Waals surface area contributed by atoms with E-state index in [-0.39, 0.29) is 0 Å². The molecule has 4 heteroatoms. The molecule has 0 saturated carbocycles. The third kappa shape index (κ3) is 4.16. The van der Waals surface area contributed by atoms with Crippen molar-refractivity contribution >= 4 is 0 Å². The average molecular weight is 223 g/mol. The largest absolute Gasteiger partial charge is 0.492 e. The summed E-state index contributed by atoms with van der Waals surface area (Å²) in [6.07, 6.45) is 1.87. The molecule has 0 aliphatic rings. The van der Waals surface area contributed by atoms with Crippen LogP contribution in [-0.4, -0.2) is 44.2 Å². The van der Waals surface area contributed by atoms with Crippen molar-refractivity contribution in [1.29, 1.82) is 0 Å². The van der Waals surface area contributed by atoms with Crippen LogP contribution >= 0.6 is 0 Å². The molecule has 1 aromatic heterocycles. The fourth-order valence-corrected chi connectivity index (χ4v) is 1.36. The molecule has 0 saturated heterocycles. The molecule has 4 nitrogen and oxygen atoms in total. The van der Waals surface area contributed by atoms with Crippen molar-refractivity contribution in [3.8, 4) is 5.75 Å². The number of hydrogen-bond donors (Lipinski definition) is 1. The second-order valence-electron chi connectivity index (χ2n) is 4.12. The number of pyridine rings is 1. The molecule has 0 unspecified atom stereocenters. The third-order valence-electron chi connectivity index (χ3n) is 2.24. The fourth-order valence-electron chi connectivity index (χ4n) is 1.36. The Morgan fingerprint density at radius 1 is 1.44 bits per heavy atom. The van der Waals surface area contributed by atoms with Crippen LogP contribution in [0.15, 0.2) is 12.3 Å². The second-order valence-corrected chi connectivity index (χ2v) is 4.12. The van der Waals surface area contributed by atoms with E-state index in [0.717, 1.165) is 30.1 Å². The molecule has 0 atom stereocenters. The van der Waals surface area contributed by atoms with Crippen molar-refractivity contribution in [3.05, 3.63) is 23.5 Å². The summed E-state index contributed by atoms with van der Waals surface area (Å²) in [6.45, 7) is 4.38. The molecule has 0 radical (unpaired) electrons. The van der Waals surface area contributed by atoms with Crippen molar-refractivity contribution in [2.45, 2.75) is 13.5 Å². The molecular weight excluding hydrogens is 202 g/mol. The Balaban J connectivity index is 2.64. The predicted octanol–water partition coefficient (Wildman–Crippen LogP) is 1.05. The molecule has 0 bridgehead atoms. The van der Waals surface area contributed by atoms with Gasteiger partial charge in [-0.1, -0.05) is 0 Å². The van der Waals surface area contributed by atoms with Crippen LogP contribution in [-0.2, 0) is 6.54 Å². The standard InChI is InChI=1S/C12H21N3O/c1-10-7-12(16-6-5-15(3)4)11(8-13-2)9-14-10/h7,9,13H,5-6,8H2,1-4H3. The van der Waals surface area contributed by atoms with E-state index in [1.807, 2.05) is 40.3 Å². The molecule has 0 aliphatic heterocycles. The maximum Gasteiger partial charge on any atom is 0.127 e. The van der Waals surface area contributed by atoms with E-state index in [1.54, 1.807) is 0 Å². The van der Waals surface area contributed by atoms with Crippen LogP contribution in [0.5, 0.6) is 5.75 Å². The lowest BCUT2D eigenvalue weighted by Gasteiger charge is -2.14. The van der Waals surface area contributed by atoms with Gasteiger partial charge in [-0.15, -0.1) is 0 Å². The van der Waals surface area contributed by atoms with Crippen LogP contribution in [0, 0.1) is 6.92 Å². The highest BCUT2D eigenvalue weighted by atomic mass is 16.5. The zero-order chi connectivity index (χ0) is 12.0. The Bertz CT molecular complexity index is 326. The van der Waals surface area contributed by atoms with E-state index >= 15 is 0 Å². The van der Waals surface area contributed by atoms with Gasteiger partial charge < -0.3 is 15.0 Å². The molecule has 0 aliphatic carbocycles. The smallest absolute Gasteiger partial charge is 0.127 e. The Morgan fingerprint density at radius 2 is 2.19 bits per heavy atom. The summed E-state index contributed by atoms with van der Waals surface area (Å²) in [5.74, 6) is 0.934. The number of likely N-dealkylation sites (N-methyl/N-ethyl adjacent to an activating group) is 1. The number of rotatable bonds is 6. The molecule has 1 rings (SSSR count). The number of nitrogens with one attached hydrogen (secondary N) is 1. The summed E-state index contributed by atoms with van der Waals surface area (Å²) in [5, 5.41) is 3.11. The molecule has 90 valence electrons. The van der Waals surface area contributed by atoms with Gasteiger partial charge in [-0.05, 0) is 28.1 Å². The maximum absolute atomic E-state index is 5.76. The van der Waals surface area contributed by atoms with Gasteiger partial charge in [0, 0.05) is 36.6 Å². The van der Waals surface area contributed by atoms with E-state index in [2.05, 4.69) is 15.2 Å². The van der Waals surface area contributed by atoms with E-state index in [1.165, 1.54) is 0 Å². The van der Waals surface area contributed by atoms with E-state index in [0.29, 0.717) is 6.61 Å². The topological polar surface area (TPSA) is 37.4 Å². The Kier molecular flexibility index (Phi) is 5.22. The normalized spacial score (nSPS) is 10.8. The molecule has 0 spiro atoms. The van der Waals surface area contributed by atoms with Gasteiger partial charge in [0.25, 0.3) is 0 Å². The van der Waals surface area contributed by atoms with Gasteiger partial charge in [-0.25, -0.2) is 0 Å². The lowest BCUT2D eigenvalue weighted by atomic mass is 10.2. The average Bonchev–Trinajstić information content (AvgIpc) is 2.21. The maximum atomic E-state index is 5.76. The highest BCUT2D eigenvalue weighted by molar-refractivity contribution is 5.32. The molecule has 16 heavy (non-hydrogen) atoms. The van der Waals surface area contributed by atoms with Crippen LogP contribution in [0.3, 0.4) is 0 Å². The molecule has 1 aromatic rings. The molecule has 1 N–H and O–H groups in total. The van der Waals surface area contributed by atoms with Crippen LogP contribution in [0.25, 0.3) is 0 Å². The van der Waals surface area contributed by atoms with Crippen LogP contribution in [0.2, 0.25) is 0 Å². The summed E-state index contributed by atoms with van der Waals surface area (Å²) >= 11 is 0. The van der Waals surface area contributed by atoms with Crippen molar-refractivity contribution in [2.24, 2.45) is 0 Å². The van der Waals surface area contributed by atoms with Gasteiger partial charge >= 0.3 is 0 Å². The number of aromatic nitrogens is 1. The molecular formula is C12H21N3O. The first-order chi connectivity index (χ1) is 7.63. The lowest BCUT2D eigenvalue weighted by molar-refractivity contribution is 0.259. The summed E-state index contributed by atoms with van der Waals surface area (Å²) in [7, 11) is 5.99. The van der Waals surface area contributed by atoms with Crippen molar-refractivity contribution < 1.29 is 4.74 Å². The minimum Gasteiger partial charge on any atom is -0.492 e. The minimum absolute atomic E-state index is 0.702. The van der Waals surface area contributed by atoms with Gasteiger partial charge in [0.15, 0.2) is 0 Å². The fraction of sp³-hybridized carbons (Fsp3) is 0.583. The number of aryl methyl sites for hydroxylation is 1. The quantitative estimate of drug-likeness (QED) is 0.782. The van der Waals surface area contributed by atoms with Gasteiger partial charge in [0.2, 0.25) is 0 Å². The van der Waals surface area contributed by atoms with Crippen LogP contribution in [0.1, 0.15) is 11.3 Å². The van der Waals surface area contributed by atoms with E-state index in [4.69, 9.17) is 4.74 Å². The first-order valence-electron chi connectivity index (χ1n) is 5.51. The first-order valence-corrected chi connectivity index (χ1v) is 5.51. The summed E-state index contributed by atoms with van der Waals surface area (Å²) in [5.41, 5.74) is 2.09. The first kappa shape index (κ1) is 12.9. The van der Waals surface area contributed by atoms with Crippen molar-refractivity contribution in [3.63, 3.8) is 0 Å². The second kappa shape index (κ2) is 6.45. The zero-order valence-electron chi connectivity index (χ0n) is 10.6. The minimum atomic E-state index is 0.702. The van der Waals surface area contributed by atoms with Gasteiger partial charge in [0.05, 0.1) is 0 Å². The van der Waals surface area contributed by atoms with Crippen LogP contribution < -0.4 is 10.1 Å². The van der Waals surface area contributed by atoms with Gasteiger partial charge in [0.1, 0.15) is 12.4 Å². The van der Waals surface area contributed by atoms with E-state index < -0.39 is 0 Å².